The van der Waals surface area contributed by atoms with E-state index < -0.39 is 10.0 Å². The molecular weight excluding hydrogens is 482 g/mol. The van der Waals surface area contributed by atoms with Crippen LogP contribution in [-0.4, -0.2) is 73.9 Å². The first-order valence-corrected chi connectivity index (χ1v) is 13.5. The molecule has 4 aromatic heterocycles. The summed E-state index contributed by atoms with van der Waals surface area (Å²) in [6.07, 6.45) is 7.74. The minimum Gasteiger partial charge on any atom is -0.378 e. The summed E-state index contributed by atoms with van der Waals surface area (Å²) in [5.74, 6) is 2.45. The first-order chi connectivity index (χ1) is 17.4. The van der Waals surface area contributed by atoms with Crippen LogP contribution in [0.15, 0.2) is 36.9 Å². The lowest BCUT2D eigenvalue weighted by Crippen LogP contribution is -2.36. The van der Waals surface area contributed by atoms with Gasteiger partial charge in [0.25, 0.3) is 10.0 Å². The summed E-state index contributed by atoms with van der Waals surface area (Å²) in [4.78, 5) is 15.7. The predicted molar refractivity (Wildman–Crippen MR) is 135 cm³/mol. The Labute approximate surface area is 208 Å². The van der Waals surface area contributed by atoms with Crippen LogP contribution in [-0.2, 0) is 14.8 Å². The van der Waals surface area contributed by atoms with Crippen molar-refractivity contribution in [3.63, 3.8) is 0 Å². The van der Waals surface area contributed by atoms with Crippen molar-refractivity contribution < 1.29 is 13.2 Å². The fraction of sp³-hybridized carbons (Fsp3) is 0.435. The highest BCUT2D eigenvalue weighted by molar-refractivity contribution is 7.90. The standard InChI is InChI=1S/C23H27N9O3S/c1-15(2)32-19-11-21(25-13-18(19)23(29-32)30-7-9-35-10-8-30)27-20-5-6-24-22(28-20)16-12-26-31(14-16)36(33,34)17-3-4-17/h5-6,11-15,17H,3-4,7-10H2,1-2H3,(H,24,25,27,28). The second-order valence-corrected chi connectivity index (χ2v) is 11.4. The lowest BCUT2D eigenvalue weighted by atomic mass is 10.2. The smallest absolute Gasteiger partial charge is 0.256 e. The van der Waals surface area contributed by atoms with E-state index in [2.05, 4.69) is 44.1 Å². The highest BCUT2D eigenvalue weighted by atomic mass is 32.2. The maximum absolute atomic E-state index is 12.5. The molecule has 1 saturated heterocycles. The molecule has 4 aromatic rings. The zero-order chi connectivity index (χ0) is 24.9. The molecule has 2 fully saturated rings. The Balaban J connectivity index is 1.28. The van der Waals surface area contributed by atoms with Gasteiger partial charge in [-0.15, -0.1) is 0 Å². The van der Waals surface area contributed by atoms with Crippen molar-refractivity contribution in [1.82, 2.24) is 33.9 Å². The largest absolute Gasteiger partial charge is 0.378 e. The van der Waals surface area contributed by atoms with Gasteiger partial charge in [0.2, 0.25) is 0 Å². The number of morpholine rings is 1. The van der Waals surface area contributed by atoms with Gasteiger partial charge in [-0.2, -0.15) is 14.3 Å². The number of ether oxygens (including phenoxy) is 1. The van der Waals surface area contributed by atoms with Crippen LogP contribution in [0.2, 0.25) is 0 Å². The molecular formula is C23H27N9O3S. The van der Waals surface area contributed by atoms with Crippen molar-refractivity contribution in [2.75, 3.05) is 36.5 Å². The Hall–Kier alpha value is -3.58. The third-order valence-electron chi connectivity index (χ3n) is 6.31. The summed E-state index contributed by atoms with van der Waals surface area (Å²) in [7, 11) is -3.44. The van der Waals surface area contributed by atoms with Crippen LogP contribution in [0.4, 0.5) is 17.5 Å². The third-order valence-corrected chi connectivity index (χ3v) is 8.34. The molecule has 0 bridgehead atoms. The monoisotopic (exact) mass is 509 g/mol. The van der Waals surface area contributed by atoms with Crippen molar-refractivity contribution >= 4 is 38.4 Å². The lowest BCUT2D eigenvalue weighted by Gasteiger charge is -2.26. The van der Waals surface area contributed by atoms with Crippen LogP contribution in [0.3, 0.4) is 0 Å². The number of hydrogen-bond donors (Lipinski definition) is 1. The Bertz CT molecular complexity index is 1520. The molecule has 188 valence electrons. The number of hydrogen-bond acceptors (Lipinski definition) is 10. The zero-order valence-corrected chi connectivity index (χ0v) is 20.9. The Morgan fingerprint density at radius 3 is 2.67 bits per heavy atom. The zero-order valence-electron chi connectivity index (χ0n) is 20.1. The number of aromatic nitrogens is 7. The molecule has 5 heterocycles. The summed E-state index contributed by atoms with van der Waals surface area (Å²) in [6.45, 7) is 7.17. The van der Waals surface area contributed by atoms with Crippen LogP contribution in [0.1, 0.15) is 32.7 Å². The molecule has 2 aliphatic rings. The maximum atomic E-state index is 12.5. The maximum Gasteiger partial charge on any atom is 0.256 e. The lowest BCUT2D eigenvalue weighted by molar-refractivity contribution is 0.122. The number of fused-ring (bicyclic) bond motifs is 1. The van der Waals surface area contributed by atoms with Crippen LogP contribution in [0.25, 0.3) is 22.3 Å². The Kier molecular flexibility index (Phi) is 5.60. The van der Waals surface area contributed by atoms with Gasteiger partial charge in [-0.3, -0.25) is 4.68 Å². The van der Waals surface area contributed by atoms with Crippen molar-refractivity contribution in [3.8, 4) is 11.4 Å². The highest BCUT2D eigenvalue weighted by Crippen LogP contribution is 2.32. The summed E-state index contributed by atoms with van der Waals surface area (Å²) >= 11 is 0. The molecule has 1 N–H and O–H groups in total. The molecule has 1 aliphatic carbocycles. The third kappa shape index (κ3) is 4.17. The molecule has 0 unspecified atom stereocenters. The van der Waals surface area contributed by atoms with Crippen LogP contribution >= 0.6 is 0 Å². The topological polar surface area (TPSA) is 133 Å². The summed E-state index contributed by atoms with van der Waals surface area (Å²) in [5.41, 5.74) is 1.50. The van der Waals surface area contributed by atoms with E-state index in [1.165, 1.54) is 12.4 Å². The molecule has 1 saturated carbocycles. The first kappa shape index (κ1) is 22.9. The normalized spacial score (nSPS) is 16.7. The van der Waals surface area contributed by atoms with Crippen molar-refractivity contribution in [3.05, 3.63) is 36.9 Å². The second-order valence-electron chi connectivity index (χ2n) is 9.28. The molecule has 0 spiro atoms. The molecule has 1 aliphatic heterocycles. The Morgan fingerprint density at radius 2 is 1.92 bits per heavy atom. The predicted octanol–water partition coefficient (Wildman–Crippen LogP) is 2.59. The molecule has 0 atom stereocenters. The van der Waals surface area contributed by atoms with Gasteiger partial charge in [0, 0.05) is 37.6 Å². The van der Waals surface area contributed by atoms with Gasteiger partial charge in [0.05, 0.1) is 47.3 Å². The first-order valence-electron chi connectivity index (χ1n) is 12.0. The molecule has 0 radical (unpaired) electrons. The number of anilines is 3. The number of pyridine rings is 1. The van der Waals surface area contributed by atoms with Gasteiger partial charge in [-0.1, -0.05) is 0 Å². The Morgan fingerprint density at radius 1 is 1.11 bits per heavy atom. The van der Waals surface area contributed by atoms with E-state index in [9.17, 15) is 8.42 Å². The van der Waals surface area contributed by atoms with Gasteiger partial charge in [-0.05, 0) is 32.8 Å². The highest BCUT2D eigenvalue weighted by Gasteiger charge is 2.37. The van der Waals surface area contributed by atoms with E-state index in [0.29, 0.717) is 49.1 Å². The van der Waals surface area contributed by atoms with Crippen molar-refractivity contribution in [2.24, 2.45) is 0 Å². The molecule has 0 aromatic carbocycles. The number of rotatable bonds is 7. The van der Waals surface area contributed by atoms with Gasteiger partial charge in [-0.25, -0.2) is 23.4 Å². The van der Waals surface area contributed by atoms with E-state index in [4.69, 9.17) is 9.84 Å². The fourth-order valence-electron chi connectivity index (χ4n) is 4.26. The van der Waals surface area contributed by atoms with E-state index in [-0.39, 0.29) is 11.3 Å². The van der Waals surface area contributed by atoms with Gasteiger partial charge in [0.1, 0.15) is 11.6 Å². The number of nitrogens with one attached hydrogen (secondary N) is 1. The second kappa shape index (κ2) is 8.82. The van der Waals surface area contributed by atoms with Gasteiger partial charge >= 0.3 is 0 Å². The average Bonchev–Trinajstić information content (AvgIpc) is 3.50. The van der Waals surface area contributed by atoms with Gasteiger partial charge in [0.15, 0.2) is 11.6 Å². The summed E-state index contributed by atoms with van der Waals surface area (Å²) in [5, 5.41) is 12.8. The molecule has 0 amide bonds. The van der Waals surface area contributed by atoms with Crippen molar-refractivity contribution in [1.29, 1.82) is 0 Å². The van der Waals surface area contributed by atoms with E-state index in [1.807, 2.05) is 16.9 Å². The van der Waals surface area contributed by atoms with Gasteiger partial charge < -0.3 is 15.0 Å². The van der Waals surface area contributed by atoms with Crippen LogP contribution < -0.4 is 10.2 Å². The average molecular weight is 510 g/mol. The van der Waals surface area contributed by atoms with Crippen LogP contribution in [0, 0.1) is 0 Å². The quantitative estimate of drug-likeness (QED) is 0.396. The van der Waals surface area contributed by atoms with E-state index in [0.717, 1.165) is 33.9 Å². The summed E-state index contributed by atoms with van der Waals surface area (Å²) < 4.78 is 33.4. The molecule has 36 heavy (non-hydrogen) atoms. The van der Waals surface area contributed by atoms with Crippen molar-refractivity contribution in [2.45, 2.75) is 38.0 Å². The van der Waals surface area contributed by atoms with Crippen LogP contribution in [0.5, 0.6) is 0 Å². The van der Waals surface area contributed by atoms with E-state index >= 15 is 0 Å². The SMILES string of the molecule is CC(C)n1nc(N2CCOCC2)c2cnc(Nc3ccnc(-c4cnn(S(=O)(=O)C5CC5)c4)n3)cc21. The van der Waals surface area contributed by atoms with E-state index in [1.54, 1.807) is 12.3 Å². The molecule has 13 heteroatoms. The number of nitrogens with zero attached hydrogens (tertiary/aromatic N) is 8. The minimum atomic E-state index is -3.44. The minimum absolute atomic E-state index is 0.173. The summed E-state index contributed by atoms with van der Waals surface area (Å²) in [6, 6.07) is 3.88. The molecule has 6 rings (SSSR count). The fourth-order valence-corrected chi connectivity index (χ4v) is 5.74. The molecule has 12 nitrogen and oxygen atoms in total.